The van der Waals surface area contributed by atoms with E-state index in [9.17, 15) is 5.26 Å². The van der Waals surface area contributed by atoms with E-state index >= 15 is 0 Å². The zero-order chi connectivity index (χ0) is 17.7. The molecule has 3 heterocycles. The van der Waals surface area contributed by atoms with Crippen molar-refractivity contribution in [1.82, 2.24) is 9.38 Å². The van der Waals surface area contributed by atoms with Gasteiger partial charge in [0.15, 0.2) is 5.65 Å². The maximum atomic E-state index is 9.93. The van der Waals surface area contributed by atoms with E-state index in [-0.39, 0.29) is 0 Å². The summed E-state index contributed by atoms with van der Waals surface area (Å²) in [6.07, 6.45) is 4.46. The lowest BCUT2D eigenvalue weighted by atomic mass is 9.88. The lowest BCUT2D eigenvalue weighted by molar-refractivity contribution is -0.880. The van der Waals surface area contributed by atoms with Crippen molar-refractivity contribution in [1.29, 1.82) is 5.26 Å². The second kappa shape index (κ2) is 6.00. The van der Waals surface area contributed by atoms with E-state index in [1.165, 1.54) is 29.8 Å². The van der Waals surface area contributed by atoms with Gasteiger partial charge in [0.1, 0.15) is 11.9 Å². The normalized spacial score (nSPS) is 18.2. The van der Waals surface area contributed by atoms with Crippen molar-refractivity contribution in [3.05, 3.63) is 41.0 Å². The number of anilines is 1. The van der Waals surface area contributed by atoms with Crippen LogP contribution in [0.15, 0.2) is 24.3 Å². The van der Waals surface area contributed by atoms with E-state index in [1.54, 1.807) is 4.90 Å². The van der Waals surface area contributed by atoms with E-state index in [2.05, 4.69) is 40.6 Å². The maximum Gasteiger partial charge on any atom is 0.157 e. The first-order valence-corrected chi connectivity index (χ1v) is 9.69. The Morgan fingerprint density at radius 1 is 1.08 bits per heavy atom. The van der Waals surface area contributed by atoms with Gasteiger partial charge >= 0.3 is 0 Å². The molecule has 0 saturated carbocycles. The van der Waals surface area contributed by atoms with E-state index in [4.69, 9.17) is 4.98 Å². The zero-order valence-electron chi connectivity index (χ0n) is 15.3. The number of nitrogens with zero attached hydrogens (tertiary/aromatic N) is 4. The van der Waals surface area contributed by atoms with Crippen LogP contribution >= 0.6 is 0 Å². The standard InChI is InChI=1S/C21H23N5/c1-24-10-12-25(13-11-24)21-16-7-3-2-6-15(16)17(14-22)20-23-18-8-4-5-9-19(18)26(20)21/h4-5,8-9H,2-3,6-7,10-13H2,1H3/p+1. The molecule has 1 aliphatic carbocycles. The van der Waals surface area contributed by atoms with Gasteiger partial charge in [0.2, 0.25) is 0 Å². The molecule has 1 fully saturated rings. The van der Waals surface area contributed by atoms with Crippen LogP contribution in [0.3, 0.4) is 0 Å². The van der Waals surface area contributed by atoms with Crippen molar-refractivity contribution >= 4 is 22.5 Å². The van der Waals surface area contributed by atoms with Crippen LogP contribution in [-0.4, -0.2) is 42.6 Å². The number of pyridine rings is 1. The fourth-order valence-corrected chi connectivity index (χ4v) is 4.66. The second-order valence-electron chi connectivity index (χ2n) is 7.68. The van der Waals surface area contributed by atoms with Gasteiger partial charge in [-0.1, -0.05) is 12.1 Å². The molecule has 3 aromatic rings. The average Bonchev–Trinajstić information content (AvgIpc) is 3.06. The lowest BCUT2D eigenvalue weighted by Crippen LogP contribution is -3.12. The predicted octanol–water partition coefficient (Wildman–Crippen LogP) is 1.57. The minimum absolute atomic E-state index is 0.791. The van der Waals surface area contributed by atoms with Crippen molar-refractivity contribution in [3.8, 4) is 6.07 Å². The second-order valence-corrected chi connectivity index (χ2v) is 7.68. The summed E-state index contributed by atoms with van der Waals surface area (Å²) in [5, 5.41) is 9.93. The van der Waals surface area contributed by atoms with Gasteiger partial charge in [-0.3, -0.25) is 4.40 Å². The van der Waals surface area contributed by atoms with Gasteiger partial charge in [-0.05, 0) is 48.9 Å². The molecule has 0 amide bonds. The molecule has 1 aliphatic heterocycles. The summed E-state index contributed by atoms with van der Waals surface area (Å²) in [5.74, 6) is 1.30. The van der Waals surface area contributed by atoms with Crippen molar-refractivity contribution in [2.45, 2.75) is 25.7 Å². The summed E-state index contributed by atoms with van der Waals surface area (Å²) in [6, 6.07) is 10.8. The minimum Gasteiger partial charge on any atom is -0.346 e. The summed E-state index contributed by atoms with van der Waals surface area (Å²) in [7, 11) is 2.27. The van der Waals surface area contributed by atoms with Gasteiger partial charge in [0.25, 0.3) is 0 Å². The fraction of sp³-hybridized carbons (Fsp3) is 0.429. The Labute approximate surface area is 153 Å². The molecule has 26 heavy (non-hydrogen) atoms. The Kier molecular flexibility index (Phi) is 3.61. The highest BCUT2D eigenvalue weighted by Crippen LogP contribution is 2.37. The monoisotopic (exact) mass is 346 g/mol. The van der Waals surface area contributed by atoms with Gasteiger partial charge in [-0.2, -0.15) is 5.26 Å². The summed E-state index contributed by atoms with van der Waals surface area (Å²) >= 11 is 0. The molecular formula is C21H24N5+. The number of nitriles is 1. The summed E-state index contributed by atoms with van der Waals surface area (Å²) in [4.78, 5) is 9.01. The topological polar surface area (TPSA) is 48.8 Å². The molecule has 0 unspecified atom stereocenters. The highest BCUT2D eigenvalue weighted by molar-refractivity contribution is 5.86. The quantitative estimate of drug-likeness (QED) is 0.728. The van der Waals surface area contributed by atoms with Crippen LogP contribution in [0.25, 0.3) is 16.7 Å². The molecule has 0 spiro atoms. The lowest BCUT2D eigenvalue weighted by Gasteiger charge is -2.35. The number of likely N-dealkylation sites (N-methyl/N-ethyl adjacent to an activating group) is 1. The fourth-order valence-electron chi connectivity index (χ4n) is 4.66. The molecule has 1 saturated heterocycles. The molecular weight excluding hydrogens is 322 g/mol. The molecule has 132 valence electrons. The Hall–Kier alpha value is -2.58. The number of benzene rings is 1. The molecule has 5 rings (SSSR count). The summed E-state index contributed by atoms with van der Waals surface area (Å²) in [5.41, 5.74) is 6.38. The van der Waals surface area contributed by atoms with Crippen molar-refractivity contribution < 1.29 is 4.90 Å². The molecule has 1 N–H and O–H groups in total. The van der Waals surface area contributed by atoms with E-state index in [0.717, 1.165) is 61.3 Å². The summed E-state index contributed by atoms with van der Waals surface area (Å²) in [6.45, 7) is 4.43. The van der Waals surface area contributed by atoms with Gasteiger partial charge in [0, 0.05) is 0 Å². The number of fused-ring (bicyclic) bond motifs is 4. The van der Waals surface area contributed by atoms with E-state index in [0.29, 0.717) is 0 Å². The Bertz CT molecular complexity index is 1030. The van der Waals surface area contributed by atoms with Gasteiger partial charge in [-0.15, -0.1) is 0 Å². The van der Waals surface area contributed by atoms with Crippen molar-refractivity contribution in [2.24, 2.45) is 0 Å². The van der Waals surface area contributed by atoms with Crippen LogP contribution in [0.4, 0.5) is 5.82 Å². The SMILES string of the molecule is C[NH+]1CCN(c2c3c(c(C#N)c4nc5ccccc5n24)CCCC3)CC1. The molecule has 5 nitrogen and oxygen atoms in total. The molecule has 2 aromatic heterocycles. The molecule has 1 aromatic carbocycles. The highest BCUT2D eigenvalue weighted by atomic mass is 15.3. The molecule has 0 radical (unpaired) electrons. The van der Waals surface area contributed by atoms with E-state index < -0.39 is 0 Å². The Balaban J connectivity index is 1.88. The van der Waals surface area contributed by atoms with Crippen molar-refractivity contribution in [2.75, 3.05) is 38.1 Å². The maximum absolute atomic E-state index is 9.93. The number of nitrogens with one attached hydrogen (secondary N) is 1. The average molecular weight is 346 g/mol. The van der Waals surface area contributed by atoms with Gasteiger partial charge < -0.3 is 9.80 Å². The third-order valence-corrected chi connectivity index (χ3v) is 6.06. The van der Waals surface area contributed by atoms with Crippen LogP contribution in [0, 0.1) is 11.3 Å². The number of hydrogen-bond acceptors (Lipinski definition) is 3. The highest BCUT2D eigenvalue weighted by Gasteiger charge is 2.29. The molecule has 0 bridgehead atoms. The van der Waals surface area contributed by atoms with Gasteiger partial charge in [-0.25, -0.2) is 4.98 Å². The minimum atomic E-state index is 0.791. The molecule has 5 heteroatoms. The summed E-state index contributed by atoms with van der Waals surface area (Å²) < 4.78 is 2.28. The number of para-hydroxylation sites is 2. The number of hydrogen-bond donors (Lipinski definition) is 1. The van der Waals surface area contributed by atoms with Crippen LogP contribution < -0.4 is 9.80 Å². The van der Waals surface area contributed by atoms with E-state index in [1.807, 2.05) is 6.07 Å². The van der Waals surface area contributed by atoms with Crippen LogP contribution in [0.2, 0.25) is 0 Å². The molecule has 2 aliphatic rings. The largest absolute Gasteiger partial charge is 0.346 e. The first kappa shape index (κ1) is 15.7. The number of rotatable bonds is 1. The molecule has 0 atom stereocenters. The predicted molar refractivity (Wildman–Crippen MR) is 103 cm³/mol. The smallest absolute Gasteiger partial charge is 0.157 e. The Morgan fingerprint density at radius 2 is 1.81 bits per heavy atom. The third kappa shape index (κ3) is 2.22. The first-order valence-electron chi connectivity index (χ1n) is 9.69. The number of quaternary nitrogens is 1. The van der Waals surface area contributed by atoms with Crippen LogP contribution in [-0.2, 0) is 12.8 Å². The first-order chi connectivity index (χ1) is 12.8. The Morgan fingerprint density at radius 3 is 2.58 bits per heavy atom. The van der Waals surface area contributed by atoms with Crippen molar-refractivity contribution in [3.63, 3.8) is 0 Å². The third-order valence-electron chi connectivity index (χ3n) is 6.06. The van der Waals surface area contributed by atoms with Gasteiger partial charge in [0.05, 0.1) is 49.8 Å². The van der Waals surface area contributed by atoms with Crippen LogP contribution in [0.5, 0.6) is 0 Å². The number of imidazole rings is 1. The number of piperazine rings is 1. The van der Waals surface area contributed by atoms with Crippen LogP contribution in [0.1, 0.15) is 29.5 Å². The zero-order valence-corrected chi connectivity index (χ0v) is 15.3. The number of aromatic nitrogens is 2.